The van der Waals surface area contributed by atoms with Gasteiger partial charge in [0, 0.05) is 24.0 Å². The summed E-state index contributed by atoms with van der Waals surface area (Å²) in [7, 11) is 2.89. The Morgan fingerprint density at radius 3 is 2.29 bits per heavy atom. The highest BCUT2D eigenvalue weighted by Crippen LogP contribution is 2.31. The molecule has 7 nitrogen and oxygen atoms in total. The molecule has 0 amide bonds. The third kappa shape index (κ3) is 5.77. The van der Waals surface area contributed by atoms with E-state index >= 15 is 0 Å². The van der Waals surface area contributed by atoms with Gasteiger partial charge in [-0.3, -0.25) is 9.59 Å². The zero-order valence-electron chi connectivity index (χ0n) is 19.3. The third-order valence-corrected chi connectivity index (χ3v) is 5.16. The Morgan fingerprint density at radius 2 is 1.62 bits per heavy atom. The number of nitrogens with zero attached hydrogens (tertiary/aromatic N) is 1. The van der Waals surface area contributed by atoms with E-state index < -0.39 is 5.82 Å². The molecule has 3 rings (SSSR count). The number of aliphatic hydroxyl groups is 1. The molecular weight excluding hydrogens is 441 g/mol. The molecule has 1 aromatic heterocycles. The van der Waals surface area contributed by atoms with Crippen LogP contribution in [0.15, 0.2) is 48.5 Å². The Kier molecular flexibility index (Phi) is 8.32. The molecule has 3 aromatic rings. The molecule has 0 fully saturated rings. The van der Waals surface area contributed by atoms with Crippen molar-refractivity contribution < 1.29 is 33.3 Å². The number of carbonyl (C=O) groups excluding carboxylic acids is 2. The summed E-state index contributed by atoms with van der Waals surface area (Å²) in [5.41, 5.74) is 1.69. The van der Waals surface area contributed by atoms with Crippen LogP contribution < -0.4 is 14.2 Å². The Labute approximate surface area is 197 Å². The van der Waals surface area contributed by atoms with E-state index in [9.17, 15) is 14.0 Å². The molecule has 8 heteroatoms. The van der Waals surface area contributed by atoms with Gasteiger partial charge in [-0.1, -0.05) is 6.07 Å². The van der Waals surface area contributed by atoms with Gasteiger partial charge in [0.25, 0.3) is 0 Å². The molecule has 0 aliphatic heterocycles. The first-order valence-electron chi connectivity index (χ1n) is 10.7. The fourth-order valence-corrected chi connectivity index (χ4v) is 3.39. The predicted octanol–water partition coefficient (Wildman–Crippen LogP) is 4.43. The lowest BCUT2D eigenvalue weighted by Gasteiger charge is -2.12. The first-order valence-corrected chi connectivity index (χ1v) is 10.7. The van der Waals surface area contributed by atoms with Crippen LogP contribution in [0, 0.1) is 12.7 Å². The summed E-state index contributed by atoms with van der Waals surface area (Å²) < 4.78 is 30.4. The molecular formula is C26H26FNO6. The summed E-state index contributed by atoms with van der Waals surface area (Å²) in [6, 6.07) is 12.5. The van der Waals surface area contributed by atoms with Crippen molar-refractivity contribution in [1.29, 1.82) is 0 Å². The number of aryl methyl sites for hydroxylation is 1. The largest absolute Gasteiger partial charge is 0.494 e. The summed E-state index contributed by atoms with van der Waals surface area (Å²) >= 11 is 0. The minimum absolute atomic E-state index is 0.0409. The smallest absolute Gasteiger partial charge is 0.181 e. The van der Waals surface area contributed by atoms with Crippen molar-refractivity contribution in [2.24, 2.45) is 0 Å². The number of hydrogen-bond donors (Lipinski definition) is 1. The topological polar surface area (TPSA) is 95.0 Å². The second-order valence-electron chi connectivity index (χ2n) is 7.51. The van der Waals surface area contributed by atoms with E-state index in [1.54, 1.807) is 37.3 Å². The van der Waals surface area contributed by atoms with Crippen LogP contribution in [0.2, 0.25) is 0 Å². The summed E-state index contributed by atoms with van der Waals surface area (Å²) in [5, 5.41) is 8.90. The van der Waals surface area contributed by atoms with Gasteiger partial charge in [-0.25, -0.2) is 9.37 Å². The minimum atomic E-state index is -0.467. The van der Waals surface area contributed by atoms with Gasteiger partial charge in [-0.05, 0) is 55.0 Å². The Hall–Kier alpha value is -3.78. The molecule has 0 spiro atoms. The lowest BCUT2D eigenvalue weighted by atomic mass is 10.0. The molecule has 178 valence electrons. The van der Waals surface area contributed by atoms with Gasteiger partial charge in [0.15, 0.2) is 23.1 Å². The molecule has 0 bridgehead atoms. The van der Waals surface area contributed by atoms with Gasteiger partial charge in [-0.2, -0.15) is 0 Å². The summed E-state index contributed by atoms with van der Waals surface area (Å²) in [4.78, 5) is 29.8. The molecule has 0 unspecified atom stereocenters. The van der Waals surface area contributed by atoms with Crippen molar-refractivity contribution in [3.8, 4) is 28.5 Å². The van der Waals surface area contributed by atoms with Crippen LogP contribution in [0.25, 0.3) is 11.3 Å². The normalized spacial score (nSPS) is 10.6. The van der Waals surface area contributed by atoms with E-state index in [-0.39, 0.29) is 54.6 Å². The number of halogens is 1. The van der Waals surface area contributed by atoms with Gasteiger partial charge in [0.05, 0.1) is 20.8 Å². The number of aliphatic hydroxyl groups excluding tert-OH is 1. The predicted molar refractivity (Wildman–Crippen MR) is 124 cm³/mol. The summed E-state index contributed by atoms with van der Waals surface area (Å²) in [6.07, 6.45) is -0.111. The molecule has 0 radical (unpaired) electrons. The van der Waals surface area contributed by atoms with Crippen molar-refractivity contribution in [3.63, 3.8) is 0 Å². The second kappa shape index (κ2) is 11.4. The number of rotatable bonds is 11. The molecule has 0 atom stereocenters. The second-order valence-corrected chi connectivity index (χ2v) is 7.51. The number of Topliss-reactive ketones (excluding diaryl/α,β-unsaturated/α-hetero) is 2. The average Bonchev–Trinajstić information content (AvgIpc) is 2.85. The summed E-state index contributed by atoms with van der Waals surface area (Å²) in [5.74, 6) is 0.0323. The molecule has 2 aromatic carbocycles. The fraction of sp³-hybridized carbons (Fsp3) is 0.269. The van der Waals surface area contributed by atoms with Crippen molar-refractivity contribution in [2.45, 2.75) is 19.8 Å². The standard InChI is InChI=1S/C26H26FNO6/c1-16-4-6-18(19(27)14-16)26-24(32-2)11-7-20(28-26)22(31)9-8-21(30)17-5-10-23(34-13-12-29)25(15-17)33-3/h4-7,10-11,14-15,29H,8-9,12-13H2,1-3H3. The van der Waals surface area contributed by atoms with Crippen LogP contribution in [-0.4, -0.2) is 49.1 Å². The van der Waals surface area contributed by atoms with Gasteiger partial charge >= 0.3 is 0 Å². The van der Waals surface area contributed by atoms with Crippen LogP contribution in [-0.2, 0) is 0 Å². The molecule has 1 heterocycles. The number of ether oxygens (including phenoxy) is 3. The van der Waals surface area contributed by atoms with Gasteiger partial charge < -0.3 is 19.3 Å². The maximum Gasteiger partial charge on any atom is 0.181 e. The highest BCUT2D eigenvalue weighted by Gasteiger charge is 2.18. The van der Waals surface area contributed by atoms with E-state index in [0.717, 1.165) is 5.56 Å². The van der Waals surface area contributed by atoms with Crippen molar-refractivity contribution in [3.05, 3.63) is 71.2 Å². The highest BCUT2D eigenvalue weighted by atomic mass is 19.1. The molecule has 0 aliphatic carbocycles. The van der Waals surface area contributed by atoms with Crippen molar-refractivity contribution in [2.75, 3.05) is 27.4 Å². The van der Waals surface area contributed by atoms with E-state index in [4.69, 9.17) is 19.3 Å². The number of carbonyl (C=O) groups is 2. The number of aromatic nitrogens is 1. The number of ketones is 2. The Bertz CT molecular complexity index is 1190. The maximum atomic E-state index is 14.5. The van der Waals surface area contributed by atoms with Crippen molar-refractivity contribution in [1.82, 2.24) is 4.98 Å². The Balaban J connectivity index is 1.75. The monoisotopic (exact) mass is 467 g/mol. The summed E-state index contributed by atoms with van der Waals surface area (Å²) in [6.45, 7) is 1.73. The van der Waals surface area contributed by atoms with Crippen LogP contribution in [0.1, 0.15) is 39.3 Å². The zero-order chi connectivity index (χ0) is 24.7. The molecule has 0 saturated carbocycles. The lowest BCUT2D eigenvalue weighted by Crippen LogP contribution is -2.09. The lowest BCUT2D eigenvalue weighted by molar-refractivity contribution is 0.0914. The fourth-order valence-electron chi connectivity index (χ4n) is 3.39. The molecule has 0 aliphatic rings. The number of benzene rings is 2. The first-order chi connectivity index (χ1) is 16.4. The zero-order valence-corrected chi connectivity index (χ0v) is 19.3. The maximum absolute atomic E-state index is 14.5. The van der Waals surface area contributed by atoms with E-state index in [0.29, 0.717) is 22.8 Å². The van der Waals surface area contributed by atoms with Gasteiger partial charge in [0.2, 0.25) is 0 Å². The van der Waals surface area contributed by atoms with Crippen LogP contribution in [0.4, 0.5) is 4.39 Å². The number of hydrogen-bond acceptors (Lipinski definition) is 7. The van der Waals surface area contributed by atoms with E-state index in [1.807, 2.05) is 0 Å². The molecule has 34 heavy (non-hydrogen) atoms. The average molecular weight is 467 g/mol. The van der Waals surface area contributed by atoms with E-state index in [2.05, 4.69) is 4.98 Å². The van der Waals surface area contributed by atoms with Crippen LogP contribution >= 0.6 is 0 Å². The van der Waals surface area contributed by atoms with Crippen molar-refractivity contribution >= 4 is 11.6 Å². The van der Waals surface area contributed by atoms with Gasteiger partial charge in [-0.15, -0.1) is 0 Å². The molecule has 0 saturated heterocycles. The van der Waals surface area contributed by atoms with Gasteiger partial charge in [0.1, 0.15) is 29.6 Å². The number of pyridine rings is 1. The molecule has 1 N–H and O–H groups in total. The van der Waals surface area contributed by atoms with Crippen LogP contribution in [0.5, 0.6) is 17.2 Å². The minimum Gasteiger partial charge on any atom is -0.494 e. The van der Waals surface area contributed by atoms with E-state index in [1.165, 1.54) is 32.4 Å². The third-order valence-electron chi connectivity index (χ3n) is 5.16. The Morgan fingerprint density at radius 1 is 0.912 bits per heavy atom. The first kappa shape index (κ1) is 24.9. The quantitative estimate of drug-likeness (QED) is 0.417. The SMILES string of the molecule is COc1cc(C(=O)CCC(=O)c2ccc(OC)c(-c3ccc(C)cc3F)n2)ccc1OCCO. The number of methoxy groups -OCH3 is 2. The highest BCUT2D eigenvalue weighted by molar-refractivity contribution is 6.02. The van der Waals surface area contributed by atoms with Crippen LogP contribution in [0.3, 0.4) is 0 Å².